The first-order valence-corrected chi connectivity index (χ1v) is 10.3. The lowest BCUT2D eigenvalue weighted by Crippen LogP contribution is -2.36. The maximum absolute atomic E-state index is 13.3. The Morgan fingerprint density at radius 3 is 2.74 bits per heavy atom. The predicted molar refractivity (Wildman–Crippen MR) is 117 cm³/mol. The molecule has 7 heteroatoms. The molecule has 0 saturated heterocycles. The molecule has 0 saturated carbocycles. The molecule has 2 aromatic carbocycles. The number of aromatic hydroxyl groups is 1. The van der Waals surface area contributed by atoms with Gasteiger partial charge in [0.05, 0.1) is 7.11 Å². The maximum Gasteiger partial charge on any atom is 0.226 e. The summed E-state index contributed by atoms with van der Waals surface area (Å²) in [5, 5.41) is 18.0. The highest BCUT2D eigenvalue weighted by Gasteiger charge is 2.42. The van der Waals surface area contributed by atoms with Crippen LogP contribution in [-0.2, 0) is 4.79 Å². The van der Waals surface area contributed by atoms with E-state index in [-0.39, 0.29) is 16.9 Å². The number of allylic oxidation sites excluding steroid dienone is 2. The van der Waals surface area contributed by atoms with Crippen LogP contribution in [0.3, 0.4) is 0 Å². The molecule has 1 atom stereocenters. The molecule has 31 heavy (non-hydrogen) atoms. The summed E-state index contributed by atoms with van der Waals surface area (Å²) in [5.41, 5.74) is 3.03. The number of hydrogen-bond donors (Lipinski definition) is 2. The topological polar surface area (TPSA) is 89.3 Å². The van der Waals surface area contributed by atoms with Gasteiger partial charge in [-0.2, -0.15) is 4.98 Å². The Kier molecular flexibility index (Phi) is 4.36. The predicted octanol–water partition coefficient (Wildman–Crippen LogP) is 4.32. The molecule has 1 aliphatic carbocycles. The molecule has 0 bridgehead atoms. The average Bonchev–Trinajstić information content (AvgIpc) is 3.15. The van der Waals surface area contributed by atoms with Gasteiger partial charge in [-0.15, -0.1) is 5.10 Å². The Labute approximate surface area is 180 Å². The molecular weight excluding hydrogens is 392 g/mol. The third-order valence-electron chi connectivity index (χ3n) is 5.87. The Balaban J connectivity index is 1.72. The first kappa shape index (κ1) is 19.4. The van der Waals surface area contributed by atoms with Crippen LogP contribution in [0.4, 0.5) is 5.95 Å². The Hall–Kier alpha value is -3.61. The quantitative estimate of drug-likeness (QED) is 0.661. The van der Waals surface area contributed by atoms with Gasteiger partial charge in [-0.05, 0) is 30.0 Å². The van der Waals surface area contributed by atoms with Crippen molar-refractivity contribution in [3.05, 3.63) is 65.4 Å². The number of carbonyl (C=O) groups excluding carboxylic acids is 1. The van der Waals surface area contributed by atoms with Gasteiger partial charge in [0.25, 0.3) is 0 Å². The molecule has 0 radical (unpaired) electrons. The number of aromatic nitrogens is 3. The first-order valence-electron chi connectivity index (χ1n) is 10.3. The number of methoxy groups -OCH3 is 1. The van der Waals surface area contributed by atoms with Gasteiger partial charge in [-0.25, -0.2) is 4.68 Å². The summed E-state index contributed by atoms with van der Waals surface area (Å²) >= 11 is 0. The minimum Gasteiger partial charge on any atom is -0.508 e. The molecule has 2 aliphatic rings. The van der Waals surface area contributed by atoms with E-state index in [0.717, 1.165) is 17.7 Å². The van der Waals surface area contributed by atoms with Crippen LogP contribution in [0, 0.1) is 5.41 Å². The van der Waals surface area contributed by atoms with Crippen molar-refractivity contribution in [3.8, 4) is 22.9 Å². The van der Waals surface area contributed by atoms with Gasteiger partial charge in [-0.1, -0.05) is 44.2 Å². The number of nitrogens with one attached hydrogen (secondary N) is 1. The molecular formula is C24H24N4O3. The fourth-order valence-corrected chi connectivity index (χ4v) is 4.56. The molecule has 2 N–H and O–H groups in total. The fourth-order valence-electron chi connectivity index (χ4n) is 4.56. The highest BCUT2D eigenvalue weighted by molar-refractivity contribution is 6.00. The third kappa shape index (κ3) is 3.26. The monoisotopic (exact) mass is 416 g/mol. The Morgan fingerprint density at radius 1 is 1.16 bits per heavy atom. The van der Waals surface area contributed by atoms with Crippen molar-refractivity contribution in [2.75, 3.05) is 12.4 Å². The second-order valence-electron chi connectivity index (χ2n) is 8.86. The van der Waals surface area contributed by atoms with Crippen LogP contribution in [0.2, 0.25) is 0 Å². The zero-order valence-corrected chi connectivity index (χ0v) is 17.7. The van der Waals surface area contributed by atoms with Crippen molar-refractivity contribution in [2.45, 2.75) is 32.7 Å². The molecule has 1 aromatic heterocycles. The third-order valence-corrected chi connectivity index (χ3v) is 5.87. The fraction of sp³-hybridized carbons (Fsp3) is 0.292. The van der Waals surface area contributed by atoms with Gasteiger partial charge in [-0.3, -0.25) is 4.79 Å². The number of phenolic OH excluding ortho intramolecular Hbond substituents is 1. The standard InChI is InChI=1S/C24H24N4O3/c1-24(2)12-17-20(18(30)13-24)21(16-9-4-5-10-19(16)31-3)28-23(25-17)26-22(27-28)14-7-6-8-15(29)11-14/h4-11,21,29H,12-13H2,1-3H3,(H,25,26,27). The summed E-state index contributed by atoms with van der Waals surface area (Å²) in [7, 11) is 1.63. The number of phenols is 1. The van der Waals surface area contributed by atoms with Crippen LogP contribution in [0.25, 0.3) is 11.4 Å². The number of para-hydroxylation sites is 1. The average molecular weight is 416 g/mol. The number of nitrogens with zero attached hydrogens (tertiary/aromatic N) is 3. The van der Waals surface area contributed by atoms with Crippen molar-refractivity contribution in [3.63, 3.8) is 0 Å². The molecule has 2 heterocycles. The van der Waals surface area contributed by atoms with Crippen LogP contribution in [0.15, 0.2) is 59.8 Å². The highest BCUT2D eigenvalue weighted by Crippen LogP contribution is 2.47. The van der Waals surface area contributed by atoms with Crippen LogP contribution in [0.5, 0.6) is 11.5 Å². The van der Waals surface area contributed by atoms with Gasteiger partial charge in [0.2, 0.25) is 5.95 Å². The summed E-state index contributed by atoms with van der Waals surface area (Å²) in [5.74, 6) is 1.99. The molecule has 0 spiro atoms. The zero-order chi connectivity index (χ0) is 21.8. The highest BCUT2D eigenvalue weighted by atomic mass is 16.5. The van der Waals surface area contributed by atoms with Crippen molar-refractivity contribution >= 4 is 11.7 Å². The largest absolute Gasteiger partial charge is 0.508 e. The van der Waals surface area contributed by atoms with E-state index in [1.54, 1.807) is 30.0 Å². The van der Waals surface area contributed by atoms with Crippen molar-refractivity contribution in [1.29, 1.82) is 0 Å². The summed E-state index contributed by atoms with van der Waals surface area (Å²) < 4.78 is 7.38. The second kappa shape index (κ2) is 6.97. The zero-order valence-electron chi connectivity index (χ0n) is 17.7. The molecule has 1 unspecified atom stereocenters. The van der Waals surface area contributed by atoms with Gasteiger partial charge in [0.15, 0.2) is 11.6 Å². The Morgan fingerprint density at radius 2 is 1.97 bits per heavy atom. The number of ether oxygens (including phenoxy) is 1. The lowest BCUT2D eigenvalue weighted by Gasteiger charge is -2.38. The molecule has 158 valence electrons. The number of fused-ring (bicyclic) bond motifs is 1. The van der Waals surface area contributed by atoms with Crippen molar-refractivity contribution < 1.29 is 14.6 Å². The first-order chi connectivity index (χ1) is 14.9. The van der Waals surface area contributed by atoms with Gasteiger partial charge >= 0.3 is 0 Å². The Bertz CT molecular complexity index is 1230. The number of anilines is 1. The number of rotatable bonds is 3. The van der Waals surface area contributed by atoms with E-state index in [4.69, 9.17) is 14.8 Å². The smallest absolute Gasteiger partial charge is 0.226 e. The summed E-state index contributed by atoms with van der Waals surface area (Å²) in [6.45, 7) is 4.21. The second-order valence-corrected chi connectivity index (χ2v) is 8.86. The van der Waals surface area contributed by atoms with Crippen molar-refractivity contribution in [2.24, 2.45) is 5.41 Å². The minimum absolute atomic E-state index is 0.106. The lowest BCUT2D eigenvalue weighted by atomic mass is 9.73. The van der Waals surface area contributed by atoms with Crippen molar-refractivity contribution in [1.82, 2.24) is 14.8 Å². The van der Waals surface area contributed by atoms with Crippen LogP contribution in [-0.4, -0.2) is 32.8 Å². The molecule has 0 fully saturated rings. The van der Waals surface area contributed by atoms with E-state index >= 15 is 0 Å². The molecule has 1 aliphatic heterocycles. The van der Waals surface area contributed by atoms with E-state index in [0.29, 0.717) is 35.1 Å². The molecule has 3 aromatic rings. The molecule has 5 rings (SSSR count). The van der Waals surface area contributed by atoms with E-state index in [9.17, 15) is 9.90 Å². The SMILES string of the molecule is COc1ccccc1C1C2=C(CC(C)(C)CC2=O)Nc2nc(-c3cccc(O)c3)nn21. The number of Topliss-reactive ketones (excluding diaryl/α,β-unsaturated/α-hetero) is 1. The van der Waals surface area contributed by atoms with E-state index in [1.165, 1.54) is 0 Å². The van der Waals surface area contributed by atoms with Crippen LogP contribution < -0.4 is 10.1 Å². The van der Waals surface area contributed by atoms with Gasteiger partial charge in [0.1, 0.15) is 17.5 Å². The number of carbonyl (C=O) groups is 1. The maximum atomic E-state index is 13.3. The number of benzene rings is 2. The van der Waals surface area contributed by atoms with E-state index < -0.39 is 6.04 Å². The normalized spacial score (nSPS) is 19.5. The lowest BCUT2D eigenvalue weighted by molar-refractivity contribution is -0.118. The summed E-state index contributed by atoms with van der Waals surface area (Å²) in [6, 6.07) is 14.1. The molecule has 0 amide bonds. The number of ketones is 1. The van der Waals surface area contributed by atoms with E-state index in [1.807, 2.05) is 30.3 Å². The number of hydrogen-bond acceptors (Lipinski definition) is 6. The summed E-state index contributed by atoms with van der Waals surface area (Å²) in [6.07, 6.45) is 1.22. The van der Waals surface area contributed by atoms with E-state index in [2.05, 4.69) is 19.2 Å². The van der Waals surface area contributed by atoms with Gasteiger partial charge in [0, 0.05) is 28.8 Å². The minimum atomic E-state index is -0.440. The molecule has 7 nitrogen and oxygen atoms in total. The van der Waals surface area contributed by atoms with Crippen LogP contribution in [0.1, 0.15) is 38.3 Å². The van der Waals surface area contributed by atoms with Crippen LogP contribution >= 0.6 is 0 Å². The van der Waals surface area contributed by atoms with Gasteiger partial charge < -0.3 is 15.2 Å². The summed E-state index contributed by atoms with van der Waals surface area (Å²) in [4.78, 5) is 18.0.